The Bertz CT molecular complexity index is 990. The third-order valence-corrected chi connectivity index (χ3v) is 5.77. The van der Waals surface area contributed by atoms with Crippen LogP contribution in [0.4, 0.5) is 11.5 Å². The first kappa shape index (κ1) is 19.4. The molecule has 148 valence electrons. The second kappa shape index (κ2) is 9.05. The molecule has 0 saturated carbocycles. The van der Waals surface area contributed by atoms with Crippen LogP contribution in [-0.4, -0.2) is 33.9 Å². The van der Waals surface area contributed by atoms with E-state index in [0.717, 1.165) is 47.9 Å². The number of carbonyl (C=O) groups is 1. The Morgan fingerprint density at radius 1 is 1.00 bits per heavy atom. The minimum absolute atomic E-state index is 0.131. The molecule has 0 spiro atoms. The normalized spacial score (nSPS) is 13.9. The summed E-state index contributed by atoms with van der Waals surface area (Å²) in [6.07, 6.45) is 8.73. The maximum Gasteiger partial charge on any atom is 0.259 e. The fourth-order valence-corrected chi connectivity index (χ4v) is 4.21. The smallest absolute Gasteiger partial charge is 0.259 e. The number of aryl methyl sites for hydroxylation is 1. The number of nitrogens with one attached hydrogen (secondary N) is 1. The van der Waals surface area contributed by atoms with Gasteiger partial charge in [0, 0.05) is 42.3 Å². The second-order valence-corrected chi connectivity index (χ2v) is 8.03. The van der Waals surface area contributed by atoms with Crippen molar-refractivity contribution in [2.45, 2.75) is 36.2 Å². The maximum atomic E-state index is 13.0. The predicted molar refractivity (Wildman–Crippen MR) is 116 cm³/mol. The Morgan fingerprint density at radius 3 is 2.52 bits per heavy atom. The standard InChI is InChI=1S/C22H23N5OS/c1-16-15-17(29-22-24-11-6-12-25-22)8-9-19(16)26-21(28)18-7-5-10-23-20(18)27-13-3-2-4-14-27/h5-12,15H,2-4,13-14H2,1H3,(H,26,28). The van der Waals surface area contributed by atoms with Crippen LogP contribution in [-0.2, 0) is 0 Å². The predicted octanol–water partition coefficient (Wildman–Crippen LogP) is 4.57. The number of nitrogens with zero attached hydrogens (tertiary/aromatic N) is 4. The summed E-state index contributed by atoms with van der Waals surface area (Å²) in [5.41, 5.74) is 2.40. The van der Waals surface area contributed by atoms with E-state index in [1.165, 1.54) is 18.2 Å². The molecule has 3 heterocycles. The van der Waals surface area contributed by atoms with Gasteiger partial charge in [-0.15, -0.1) is 0 Å². The van der Waals surface area contributed by atoms with Gasteiger partial charge in [0.05, 0.1) is 5.56 Å². The Kier molecular flexibility index (Phi) is 6.05. The highest BCUT2D eigenvalue weighted by molar-refractivity contribution is 7.99. The molecule has 6 nitrogen and oxygen atoms in total. The monoisotopic (exact) mass is 405 g/mol. The van der Waals surface area contributed by atoms with E-state index in [0.29, 0.717) is 10.7 Å². The fraction of sp³-hybridized carbons (Fsp3) is 0.273. The van der Waals surface area contributed by atoms with Gasteiger partial charge >= 0.3 is 0 Å². The highest BCUT2D eigenvalue weighted by Crippen LogP contribution is 2.29. The second-order valence-electron chi connectivity index (χ2n) is 6.99. The van der Waals surface area contributed by atoms with Crippen LogP contribution in [0.15, 0.2) is 65.0 Å². The minimum atomic E-state index is -0.131. The van der Waals surface area contributed by atoms with Crippen molar-refractivity contribution in [3.05, 3.63) is 66.1 Å². The molecule has 1 N–H and O–H groups in total. The molecule has 0 aliphatic carbocycles. The van der Waals surface area contributed by atoms with E-state index in [9.17, 15) is 4.79 Å². The molecular formula is C22H23N5OS. The highest BCUT2D eigenvalue weighted by atomic mass is 32.2. The zero-order chi connectivity index (χ0) is 20.1. The van der Waals surface area contributed by atoms with Crippen molar-refractivity contribution in [2.24, 2.45) is 0 Å². The van der Waals surface area contributed by atoms with Gasteiger partial charge in [-0.1, -0.05) is 0 Å². The van der Waals surface area contributed by atoms with E-state index in [-0.39, 0.29) is 5.91 Å². The van der Waals surface area contributed by atoms with E-state index in [4.69, 9.17) is 0 Å². The van der Waals surface area contributed by atoms with Gasteiger partial charge in [0.1, 0.15) is 5.82 Å². The SMILES string of the molecule is Cc1cc(Sc2ncccn2)ccc1NC(=O)c1cccnc1N1CCCCC1. The first-order chi connectivity index (χ1) is 14.2. The third kappa shape index (κ3) is 4.74. The van der Waals surface area contributed by atoms with E-state index < -0.39 is 0 Å². The highest BCUT2D eigenvalue weighted by Gasteiger charge is 2.20. The number of rotatable bonds is 5. The van der Waals surface area contributed by atoms with Gasteiger partial charge in [0.25, 0.3) is 5.91 Å². The lowest BCUT2D eigenvalue weighted by molar-refractivity contribution is 0.102. The number of pyridine rings is 1. The van der Waals surface area contributed by atoms with Gasteiger partial charge in [-0.3, -0.25) is 4.79 Å². The van der Waals surface area contributed by atoms with Crippen molar-refractivity contribution in [3.8, 4) is 0 Å². The first-order valence-electron chi connectivity index (χ1n) is 9.77. The van der Waals surface area contributed by atoms with E-state index in [1.54, 1.807) is 24.7 Å². The molecule has 0 radical (unpaired) electrons. The van der Waals surface area contributed by atoms with Gasteiger partial charge in [0.15, 0.2) is 5.16 Å². The van der Waals surface area contributed by atoms with Crippen molar-refractivity contribution in [1.82, 2.24) is 15.0 Å². The molecule has 3 aromatic rings. The molecule has 0 bridgehead atoms. The fourth-order valence-electron chi connectivity index (χ4n) is 3.40. The third-order valence-electron chi connectivity index (χ3n) is 4.88. The molecule has 2 aromatic heterocycles. The summed E-state index contributed by atoms with van der Waals surface area (Å²) in [6, 6.07) is 11.4. The zero-order valence-electron chi connectivity index (χ0n) is 16.3. The van der Waals surface area contributed by atoms with Crippen LogP contribution in [0.2, 0.25) is 0 Å². The van der Waals surface area contributed by atoms with Gasteiger partial charge in [-0.2, -0.15) is 0 Å². The molecule has 1 saturated heterocycles. The van der Waals surface area contributed by atoms with Crippen LogP contribution in [0.3, 0.4) is 0 Å². The quantitative estimate of drug-likeness (QED) is 0.627. The lowest BCUT2D eigenvalue weighted by Crippen LogP contribution is -2.32. The van der Waals surface area contributed by atoms with Crippen molar-refractivity contribution in [3.63, 3.8) is 0 Å². The minimum Gasteiger partial charge on any atom is -0.356 e. The summed E-state index contributed by atoms with van der Waals surface area (Å²) in [4.78, 5) is 29.2. The van der Waals surface area contributed by atoms with Gasteiger partial charge in [-0.25, -0.2) is 15.0 Å². The summed E-state index contributed by atoms with van der Waals surface area (Å²) in [5, 5.41) is 3.75. The van der Waals surface area contributed by atoms with Crippen molar-refractivity contribution >= 4 is 29.2 Å². The lowest BCUT2D eigenvalue weighted by atomic mass is 10.1. The number of hydrogen-bond donors (Lipinski definition) is 1. The largest absolute Gasteiger partial charge is 0.356 e. The van der Waals surface area contributed by atoms with E-state index in [1.807, 2.05) is 37.3 Å². The Labute approximate surface area is 174 Å². The number of piperidine rings is 1. The van der Waals surface area contributed by atoms with E-state index >= 15 is 0 Å². The molecule has 1 aliphatic rings. The van der Waals surface area contributed by atoms with Crippen LogP contribution in [0.25, 0.3) is 0 Å². The molecule has 4 rings (SSSR count). The van der Waals surface area contributed by atoms with Crippen LogP contribution < -0.4 is 10.2 Å². The van der Waals surface area contributed by atoms with Crippen LogP contribution in [0.5, 0.6) is 0 Å². The molecule has 0 unspecified atom stereocenters. The zero-order valence-corrected chi connectivity index (χ0v) is 17.2. The number of benzene rings is 1. The Balaban J connectivity index is 1.50. The van der Waals surface area contributed by atoms with Crippen molar-refractivity contribution < 1.29 is 4.79 Å². The number of anilines is 2. The number of carbonyl (C=O) groups excluding carboxylic acids is 1. The average molecular weight is 406 g/mol. The molecule has 29 heavy (non-hydrogen) atoms. The summed E-state index contributed by atoms with van der Waals surface area (Å²) in [7, 11) is 0. The lowest BCUT2D eigenvalue weighted by Gasteiger charge is -2.29. The summed E-state index contributed by atoms with van der Waals surface area (Å²) in [6.45, 7) is 3.88. The number of amides is 1. The summed E-state index contributed by atoms with van der Waals surface area (Å²) >= 11 is 1.50. The average Bonchev–Trinajstić information content (AvgIpc) is 2.77. The van der Waals surface area contributed by atoms with E-state index in [2.05, 4.69) is 25.2 Å². The molecule has 0 atom stereocenters. The summed E-state index contributed by atoms with van der Waals surface area (Å²) < 4.78 is 0. The summed E-state index contributed by atoms with van der Waals surface area (Å²) in [5.74, 6) is 0.643. The molecule has 1 aliphatic heterocycles. The molecular weight excluding hydrogens is 382 g/mol. The molecule has 1 amide bonds. The maximum absolute atomic E-state index is 13.0. The first-order valence-corrected chi connectivity index (χ1v) is 10.6. The van der Waals surface area contributed by atoms with Gasteiger partial charge < -0.3 is 10.2 Å². The Morgan fingerprint density at radius 2 is 1.76 bits per heavy atom. The van der Waals surface area contributed by atoms with Crippen LogP contribution in [0.1, 0.15) is 35.2 Å². The molecule has 7 heteroatoms. The van der Waals surface area contributed by atoms with Gasteiger partial charge in [-0.05, 0) is 79.9 Å². The molecule has 1 fully saturated rings. The Hall–Kier alpha value is -2.93. The van der Waals surface area contributed by atoms with Crippen LogP contribution >= 0.6 is 11.8 Å². The number of aromatic nitrogens is 3. The van der Waals surface area contributed by atoms with Gasteiger partial charge in [0.2, 0.25) is 0 Å². The van der Waals surface area contributed by atoms with Crippen molar-refractivity contribution in [2.75, 3.05) is 23.3 Å². The topological polar surface area (TPSA) is 71.0 Å². The van der Waals surface area contributed by atoms with Crippen LogP contribution in [0, 0.1) is 6.92 Å². The van der Waals surface area contributed by atoms with Crippen molar-refractivity contribution in [1.29, 1.82) is 0 Å². The molecule has 1 aromatic carbocycles. The number of hydrogen-bond acceptors (Lipinski definition) is 6.